The molecule has 1 atom stereocenters. The second-order valence-corrected chi connectivity index (χ2v) is 6.95. The van der Waals surface area contributed by atoms with Crippen molar-refractivity contribution < 1.29 is 0 Å². The van der Waals surface area contributed by atoms with Gasteiger partial charge in [-0.15, -0.1) is 10.2 Å². The maximum atomic E-state index is 11.6. The van der Waals surface area contributed by atoms with Gasteiger partial charge in [-0.3, -0.25) is 4.79 Å². The van der Waals surface area contributed by atoms with Crippen LogP contribution in [0, 0.1) is 0 Å². The lowest BCUT2D eigenvalue weighted by molar-refractivity contribution is 0.500. The average molecular weight is 337 g/mol. The largest absolute Gasteiger partial charge is 0.368 e. The third-order valence-electron chi connectivity index (χ3n) is 5.14. The molecule has 25 heavy (non-hydrogen) atoms. The molecule has 128 valence electrons. The molecule has 0 spiro atoms. The van der Waals surface area contributed by atoms with E-state index in [0.717, 1.165) is 48.7 Å². The molecule has 2 fully saturated rings. The van der Waals surface area contributed by atoms with Crippen molar-refractivity contribution in [2.24, 2.45) is 0 Å². The zero-order valence-corrected chi connectivity index (χ0v) is 13.8. The summed E-state index contributed by atoms with van der Waals surface area (Å²) in [4.78, 5) is 20.9. The summed E-state index contributed by atoms with van der Waals surface area (Å²) in [6.45, 7) is 1.80. The van der Waals surface area contributed by atoms with E-state index in [9.17, 15) is 4.79 Å². The fourth-order valence-corrected chi connectivity index (χ4v) is 3.69. The van der Waals surface area contributed by atoms with E-state index in [1.54, 1.807) is 16.9 Å². The van der Waals surface area contributed by atoms with Crippen molar-refractivity contribution in [3.05, 3.63) is 46.5 Å². The van der Waals surface area contributed by atoms with Crippen molar-refractivity contribution in [1.82, 2.24) is 29.8 Å². The Morgan fingerprint density at radius 2 is 2.04 bits per heavy atom. The Morgan fingerprint density at radius 3 is 2.88 bits per heavy atom. The van der Waals surface area contributed by atoms with Crippen LogP contribution in [0.2, 0.25) is 0 Å². The lowest BCUT2D eigenvalue weighted by Crippen LogP contribution is -2.35. The molecule has 1 saturated carbocycles. The van der Waals surface area contributed by atoms with Gasteiger partial charge in [-0.05, 0) is 31.7 Å². The minimum absolute atomic E-state index is 0.0955. The number of fused-ring (bicyclic) bond motifs is 1. The maximum absolute atomic E-state index is 11.6. The molecule has 0 radical (unpaired) electrons. The normalized spacial score (nSPS) is 21.0. The van der Waals surface area contributed by atoms with Crippen molar-refractivity contribution in [2.75, 3.05) is 18.0 Å². The van der Waals surface area contributed by atoms with Crippen LogP contribution in [-0.2, 0) is 0 Å². The minimum atomic E-state index is -0.0955. The molecule has 2 aliphatic rings. The number of nitrogens with one attached hydrogen (secondary N) is 1. The van der Waals surface area contributed by atoms with Gasteiger partial charge in [0.15, 0.2) is 0 Å². The lowest BCUT2D eigenvalue weighted by Gasteiger charge is -2.34. The summed E-state index contributed by atoms with van der Waals surface area (Å²) in [5, 5.41) is 12.9. The van der Waals surface area contributed by atoms with Crippen LogP contribution in [0.5, 0.6) is 0 Å². The van der Waals surface area contributed by atoms with Crippen molar-refractivity contribution in [3.8, 4) is 0 Å². The van der Waals surface area contributed by atoms with Gasteiger partial charge in [0.05, 0.1) is 23.4 Å². The summed E-state index contributed by atoms with van der Waals surface area (Å²) in [7, 11) is 0. The molecular weight excluding hydrogens is 318 g/mol. The molecule has 1 aliphatic heterocycles. The van der Waals surface area contributed by atoms with Crippen LogP contribution in [0.1, 0.15) is 48.9 Å². The first-order valence-corrected chi connectivity index (χ1v) is 8.78. The zero-order chi connectivity index (χ0) is 16.8. The lowest BCUT2D eigenvalue weighted by atomic mass is 9.94. The van der Waals surface area contributed by atoms with E-state index in [1.165, 1.54) is 19.2 Å². The Balaban J connectivity index is 1.51. The van der Waals surface area contributed by atoms with E-state index in [2.05, 4.69) is 36.2 Å². The first-order chi connectivity index (χ1) is 12.3. The Labute approximate surface area is 143 Å². The summed E-state index contributed by atoms with van der Waals surface area (Å²) >= 11 is 0. The fraction of sp³-hybridized carbons (Fsp3) is 0.471. The van der Waals surface area contributed by atoms with Crippen molar-refractivity contribution in [1.29, 1.82) is 0 Å². The van der Waals surface area contributed by atoms with Crippen LogP contribution in [0.15, 0.2) is 29.6 Å². The van der Waals surface area contributed by atoms with Gasteiger partial charge in [-0.25, -0.2) is 4.98 Å². The van der Waals surface area contributed by atoms with Crippen LogP contribution in [-0.4, -0.2) is 42.9 Å². The molecule has 1 aliphatic carbocycles. The number of hydrogen-bond donors (Lipinski definition) is 1. The minimum Gasteiger partial charge on any atom is -0.368 e. The van der Waals surface area contributed by atoms with Crippen LogP contribution < -0.4 is 10.5 Å². The van der Waals surface area contributed by atoms with Crippen molar-refractivity contribution >= 4 is 11.3 Å². The third kappa shape index (κ3) is 2.67. The number of piperidine rings is 1. The summed E-state index contributed by atoms with van der Waals surface area (Å²) in [5.41, 5.74) is 3.77. The molecule has 5 rings (SSSR count). The van der Waals surface area contributed by atoms with E-state index >= 15 is 0 Å². The molecule has 3 aromatic heterocycles. The Hall–Kier alpha value is -2.77. The molecule has 8 heteroatoms. The molecule has 4 heterocycles. The van der Waals surface area contributed by atoms with Gasteiger partial charge in [0, 0.05) is 31.0 Å². The number of rotatable bonds is 3. The van der Waals surface area contributed by atoms with Gasteiger partial charge in [0.1, 0.15) is 6.33 Å². The predicted molar refractivity (Wildman–Crippen MR) is 91.8 cm³/mol. The van der Waals surface area contributed by atoms with Gasteiger partial charge in [0.25, 0.3) is 5.56 Å². The van der Waals surface area contributed by atoms with Crippen LogP contribution in [0.3, 0.4) is 0 Å². The summed E-state index contributed by atoms with van der Waals surface area (Å²) in [6, 6.07) is 3.79. The summed E-state index contributed by atoms with van der Waals surface area (Å²) in [6.07, 6.45) is 7.67. The van der Waals surface area contributed by atoms with Crippen LogP contribution in [0.25, 0.3) is 5.65 Å². The topological polar surface area (TPSA) is 92.1 Å². The number of anilines is 1. The highest BCUT2D eigenvalue weighted by atomic mass is 16.1. The fourth-order valence-electron chi connectivity index (χ4n) is 3.69. The summed E-state index contributed by atoms with van der Waals surface area (Å²) in [5.74, 6) is 0.817. The van der Waals surface area contributed by atoms with E-state index in [4.69, 9.17) is 0 Å². The van der Waals surface area contributed by atoms with Crippen molar-refractivity contribution in [3.63, 3.8) is 0 Å². The number of aromatic amines is 1. The molecule has 0 bridgehead atoms. The van der Waals surface area contributed by atoms with Crippen LogP contribution >= 0.6 is 0 Å². The summed E-state index contributed by atoms with van der Waals surface area (Å²) < 4.78 is 1.79. The first-order valence-electron chi connectivity index (χ1n) is 8.78. The SMILES string of the molecule is O=c1cc(C2CCCN(c3cc(C4CC4)nn4cnnc34)C2)nc[nH]1. The standard InChI is InChI=1S/C17H19N7O/c25-16-7-13(18-9-19-16)12-2-1-5-23(8-12)15-6-14(11-3-4-11)22-24-10-20-21-17(15)24/h6-7,9-12H,1-5,8H2,(H,18,19,25). The smallest absolute Gasteiger partial charge is 0.250 e. The zero-order valence-electron chi connectivity index (χ0n) is 13.8. The third-order valence-corrected chi connectivity index (χ3v) is 5.14. The quantitative estimate of drug-likeness (QED) is 0.778. The van der Waals surface area contributed by atoms with Crippen molar-refractivity contribution in [2.45, 2.75) is 37.5 Å². The Kier molecular flexibility index (Phi) is 3.29. The highest BCUT2D eigenvalue weighted by molar-refractivity contribution is 5.69. The maximum Gasteiger partial charge on any atom is 0.250 e. The monoisotopic (exact) mass is 337 g/mol. The number of nitrogens with zero attached hydrogens (tertiary/aromatic N) is 6. The van der Waals surface area contributed by atoms with Gasteiger partial charge in [0.2, 0.25) is 5.65 Å². The number of aromatic nitrogens is 6. The second kappa shape index (κ2) is 5.65. The average Bonchev–Trinajstić information content (AvgIpc) is 3.38. The Bertz CT molecular complexity index is 974. The van der Waals surface area contributed by atoms with E-state index < -0.39 is 0 Å². The molecule has 1 unspecified atom stereocenters. The van der Waals surface area contributed by atoms with Gasteiger partial charge in [-0.2, -0.15) is 9.61 Å². The molecule has 0 aromatic carbocycles. The predicted octanol–water partition coefficient (Wildman–Crippen LogP) is 1.47. The molecule has 8 nitrogen and oxygen atoms in total. The first kappa shape index (κ1) is 14.6. The second-order valence-electron chi connectivity index (χ2n) is 6.95. The van der Waals surface area contributed by atoms with Gasteiger partial charge < -0.3 is 9.88 Å². The highest BCUT2D eigenvalue weighted by Gasteiger charge is 2.29. The highest BCUT2D eigenvalue weighted by Crippen LogP contribution is 2.41. The molecule has 0 amide bonds. The Morgan fingerprint density at radius 1 is 1.12 bits per heavy atom. The molecule has 3 aromatic rings. The van der Waals surface area contributed by atoms with Crippen LogP contribution in [0.4, 0.5) is 5.69 Å². The van der Waals surface area contributed by atoms with E-state index in [-0.39, 0.29) is 11.5 Å². The van der Waals surface area contributed by atoms with E-state index in [1.807, 2.05) is 0 Å². The molecule has 1 saturated heterocycles. The van der Waals surface area contributed by atoms with Gasteiger partial charge in [-0.1, -0.05) is 0 Å². The number of hydrogen-bond acceptors (Lipinski definition) is 6. The van der Waals surface area contributed by atoms with Gasteiger partial charge >= 0.3 is 0 Å². The molecular formula is C17H19N7O. The van der Waals surface area contributed by atoms with E-state index in [0.29, 0.717) is 5.92 Å². The number of H-pyrrole nitrogens is 1. The molecule has 1 N–H and O–H groups in total.